The van der Waals surface area contributed by atoms with E-state index in [1.165, 1.54) is 23.8 Å². The van der Waals surface area contributed by atoms with Crippen molar-refractivity contribution in [3.8, 4) is 0 Å². The number of nitrogens with one attached hydrogen (secondary N) is 1. The third kappa shape index (κ3) is 4.85. The molecule has 1 aromatic carbocycles. The van der Waals surface area contributed by atoms with Gasteiger partial charge in [0.1, 0.15) is 5.00 Å². The van der Waals surface area contributed by atoms with Crippen LogP contribution in [0.2, 0.25) is 0 Å². The molecule has 0 bridgehead atoms. The molecule has 29 heavy (non-hydrogen) atoms. The summed E-state index contributed by atoms with van der Waals surface area (Å²) in [5, 5.41) is 3.41. The number of rotatable bonds is 6. The molecule has 1 aliphatic heterocycles. The number of carbonyl (C=O) groups is 3. The Morgan fingerprint density at radius 1 is 1.14 bits per heavy atom. The summed E-state index contributed by atoms with van der Waals surface area (Å²) < 4.78 is 5.23. The lowest BCUT2D eigenvalue weighted by atomic mass is 10.0. The molecule has 2 amide bonds. The van der Waals surface area contributed by atoms with Crippen LogP contribution >= 0.6 is 11.3 Å². The van der Waals surface area contributed by atoms with Crippen LogP contribution in [0, 0.1) is 0 Å². The van der Waals surface area contributed by atoms with Crippen molar-refractivity contribution in [1.29, 1.82) is 0 Å². The summed E-state index contributed by atoms with van der Waals surface area (Å²) in [5.41, 5.74) is 3.46. The van der Waals surface area contributed by atoms with Gasteiger partial charge >= 0.3 is 5.97 Å². The number of hydrogen-bond donors (Lipinski definition) is 1. The van der Waals surface area contributed by atoms with E-state index in [2.05, 4.69) is 12.2 Å². The molecular weight excluding hydrogens is 388 g/mol. The van der Waals surface area contributed by atoms with E-state index in [1.54, 1.807) is 11.8 Å². The third-order valence-corrected chi connectivity index (χ3v) is 6.16. The summed E-state index contributed by atoms with van der Waals surface area (Å²) in [6.07, 6.45) is 1.76. The molecule has 6 nitrogen and oxygen atoms in total. The minimum absolute atomic E-state index is 0.00264. The van der Waals surface area contributed by atoms with Crippen molar-refractivity contribution in [3.63, 3.8) is 0 Å². The van der Waals surface area contributed by atoms with E-state index in [-0.39, 0.29) is 24.8 Å². The number of hydrogen-bond acceptors (Lipinski definition) is 5. The van der Waals surface area contributed by atoms with Crippen LogP contribution in [-0.4, -0.2) is 35.8 Å². The van der Waals surface area contributed by atoms with Gasteiger partial charge in [0.15, 0.2) is 0 Å². The molecule has 3 rings (SSSR count). The highest BCUT2D eigenvalue weighted by Gasteiger charge is 2.30. The van der Waals surface area contributed by atoms with Gasteiger partial charge in [0.2, 0.25) is 11.8 Å². The number of carbonyl (C=O) groups excluding carboxylic acids is 3. The Morgan fingerprint density at radius 2 is 1.83 bits per heavy atom. The monoisotopic (exact) mass is 414 g/mol. The zero-order valence-electron chi connectivity index (χ0n) is 17.0. The van der Waals surface area contributed by atoms with Gasteiger partial charge in [-0.3, -0.25) is 9.59 Å². The van der Waals surface area contributed by atoms with Gasteiger partial charge in [0.05, 0.1) is 25.1 Å². The van der Waals surface area contributed by atoms with Crippen molar-refractivity contribution in [1.82, 2.24) is 4.90 Å². The molecule has 0 atom stereocenters. The van der Waals surface area contributed by atoms with E-state index in [9.17, 15) is 14.4 Å². The summed E-state index contributed by atoms with van der Waals surface area (Å²) in [5.74, 6) is -0.603. The number of anilines is 1. The number of esters is 1. The second-order valence-corrected chi connectivity index (χ2v) is 8.12. The van der Waals surface area contributed by atoms with Crippen molar-refractivity contribution in [2.45, 2.75) is 46.6 Å². The first kappa shape index (κ1) is 21.0. The van der Waals surface area contributed by atoms with Crippen LogP contribution in [0.1, 0.15) is 52.7 Å². The molecule has 0 unspecified atom stereocenters. The van der Waals surface area contributed by atoms with Crippen LogP contribution in [0.25, 0.3) is 0 Å². The maximum Gasteiger partial charge on any atom is 0.341 e. The summed E-state index contributed by atoms with van der Waals surface area (Å²) in [6, 6.07) is 7.95. The maximum atomic E-state index is 12.6. The Kier molecular flexibility index (Phi) is 6.69. The molecule has 0 saturated heterocycles. The van der Waals surface area contributed by atoms with Crippen molar-refractivity contribution in [3.05, 3.63) is 51.4 Å². The van der Waals surface area contributed by atoms with Gasteiger partial charge in [-0.1, -0.05) is 31.2 Å². The number of aryl methyl sites for hydroxylation is 1. The first-order chi connectivity index (χ1) is 13.9. The van der Waals surface area contributed by atoms with E-state index in [1.807, 2.05) is 24.3 Å². The highest BCUT2D eigenvalue weighted by atomic mass is 32.1. The second kappa shape index (κ2) is 9.22. The van der Waals surface area contributed by atoms with Gasteiger partial charge in [0.25, 0.3) is 0 Å². The first-order valence-corrected chi connectivity index (χ1v) is 10.7. The van der Waals surface area contributed by atoms with Crippen LogP contribution < -0.4 is 5.32 Å². The number of nitrogens with zero attached hydrogens (tertiary/aromatic N) is 1. The molecule has 1 N–H and O–H groups in total. The van der Waals surface area contributed by atoms with Gasteiger partial charge in [0, 0.05) is 18.3 Å². The number of fused-ring (bicyclic) bond motifs is 1. The predicted octanol–water partition coefficient (Wildman–Crippen LogP) is 3.57. The SMILES string of the molecule is CCOC(=O)c1c(NC(=O)Cc2ccc(CC)cc2)sc2c1CCN(C(C)=O)C2. The van der Waals surface area contributed by atoms with Crippen LogP contribution in [0.3, 0.4) is 0 Å². The number of thiophene rings is 1. The van der Waals surface area contributed by atoms with Crippen LogP contribution in [-0.2, 0) is 40.1 Å². The Balaban J connectivity index is 1.82. The Labute approximate surface area is 174 Å². The zero-order chi connectivity index (χ0) is 21.0. The van der Waals surface area contributed by atoms with E-state index < -0.39 is 5.97 Å². The van der Waals surface area contributed by atoms with Gasteiger partial charge < -0.3 is 15.0 Å². The fraction of sp³-hybridized carbons (Fsp3) is 0.409. The molecule has 2 heterocycles. The van der Waals surface area contributed by atoms with Gasteiger partial charge in [-0.15, -0.1) is 11.3 Å². The van der Waals surface area contributed by atoms with Crippen molar-refractivity contribution < 1.29 is 19.1 Å². The highest BCUT2D eigenvalue weighted by Crippen LogP contribution is 2.37. The molecule has 0 aliphatic carbocycles. The van der Waals surface area contributed by atoms with E-state index in [0.717, 1.165) is 22.4 Å². The lowest BCUT2D eigenvalue weighted by molar-refractivity contribution is -0.129. The molecule has 1 aliphatic rings. The average molecular weight is 415 g/mol. The number of amides is 2. The number of ether oxygens (including phenoxy) is 1. The fourth-order valence-corrected chi connectivity index (χ4v) is 4.70. The van der Waals surface area contributed by atoms with Gasteiger partial charge in [-0.2, -0.15) is 0 Å². The minimum atomic E-state index is -0.427. The quantitative estimate of drug-likeness (QED) is 0.733. The largest absolute Gasteiger partial charge is 0.462 e. The first-order valence-electron chi connectivity index (χ1n) is 9.87. The van der Waals surface area contributed by atoms with Crippen molar-refractivity contribution in [2.75, 3.05) is 18.5 Å². The second-order valence-electron chi connectivity index (χ2n) is 7.01. The van der Waals surface area contributed by atoms with Crippen molar-refractivity contribution >= 4 is 34.1 Å². The average Bonchev–Trinajstić information content (AvgIpc) is 3.05. The van der Waals surface area contributed by atoms with Crippen LogP contribution in [0.4, 0.5) is 5.00 Å². The van der Waals surface area contributed by atoms with Crippen LogP contribution in [0.15, 0.2) is 24.3 Å². The van der Waals surface area contributed by atoms with E-state index in [4.69, 9.17) is 4.74 Å². The normalized spacial score (nSPS) is 13.0. The topological polar surface area (TPSA) is 75.7 Å². The predicted molar refractivity (Wildman–Crippen MR) is 113 cm³/mol. The Morgan fingerprint density at radius 3 is 2.45 bits per heavy atom. The fourth-order valence-electron chi connectivity index (χ4n) is 3.43. The van der Waals surface area contributed by atoms with Gasteiger partial charge in [-0.25, -0.2) is 4.79 Å². The zero-order valence-corrected chi connectivity index (χ0v) is 17.9. The standard InChI is InChI=1S/C22H26N2O4S/c1-4-15-6-8-16(9-7-15)12-19(26)23-21-20(22(27)28-5-2)17-10-11-24(14(3)25)13-18(17)29-21/h6-9H,4-5,10-13H2,1-3H3,(H,23,26). The molecule has 0 spiro atoms. The smallest absolute Gasteiger partial charge is 0.341 e. The van der Waals surface area contributed by atoms with Gasteiger partial charge in [-0.05, 0) is 36.5 Å². The number of benzene rings is 1. The highest BCUT2D eigenvalue weighted by molar-refractivity contribution is 7.17. The lowest BCUT2D eigenvalue weighted by Crippen LogP contribution is -2.34. The van der Waals surface area contributed by atoms with E-state index in [0.29, 0.717) is 30.1 Å². The Bertz CT molecular complexity index is 918. The Hall–Kier alpha value is -2.67. The molecule has 0 fully saturated rings. The molecule has 2 aromatic rings. The molecule has 7 heteroatoms. The third-order valence-electron chi connectivity index (χ3n) is 5.03. The molecule has 0 radical (unpaired) electrons. The molecule has 154 valence electrons. The van der Waals surface area contributed by atoms with Crippen molar-refractivity contribution in [2.24, 2.45) is 0 Å². The molecule has 1 aromatic heterocycles. The lowest BCUT2D eigenvalue weighted by Gasteiger charge is -2.25. The summed E-state index contributed by atoms with van der Waals surface area (Å²) >= 11 is 1.36. The molecular formula is C22H26N2O4S. The maximum absolute atomic E-state index is 12.6. The van der Waals surface area contributed by atoms with E-state index >= 15 is 0 Å². The summed E-state index contributed by atoms with van der Waals surface area (Å²) in [6.45, 7) is 6.66. The summed E-state index contributed by atoms with van der Waals surface area (Å²) in [7, 11) is 0. The minimum Gasteiger partial charge on any atom is -0.462 e. The molecule has 0 saturated carbocycles. The summed E-state index contributed by atoms with van der Waals surface area (Å²) in [4.78, 5) is 39.6. The van der Waals surface area contributed by atoms with Crippen LogP contribution in [0.5, 0.6) is 0 Å².